The second kappa shape index (κ2) is 6.95. The van der Waals surface area contributed by atoms with E-state index in [9.17, 15) is 5.11 Å². The van der Waals surface area contributed by atoms with Gasteiger partial charge in [-0.05, 0) is 59.5 Å². The first-order valence-corrected chi connectivity index (χ1v) is 8.63. The van der Waals surface area contributed by atoms with Gasteiger partial charge in [0.05, 0.1) is 5.60 Å². The maximum Gasteiger partial charge on any atom is 0.0869 e. The van der Waals surface area contributed by atoms with Gasteiger partial charge >= 0.3 is 0 Å². The van der Waals surface area contributed by atoms with Crippen LogP contribution in [0, 0.1) is 11.8 Å². The lowest BCUT2D eigenvalue weighted by molar-refractivity contribution is -0.000729. The Morgan fingerprint density at radius 1 is 1.24 bits per heavy atom. The monoisotopic (exact) mass is 297 g/mol. The molecule has 2 fully saturated rings. The van der Waals surface area contributed by atoms with Crippen molar-refractivity contribution >= 4 is 0 Å². The van der Waals surface area contributed by atoms with E-state index in [2.05, 4.69) is 29.0 Å². The summed E-state index contributed by atoms with van der Waals surface area (Å²) in [4.78, 5) is 4.70. The summed E-state index contributed by atoms with van der Waals surface area (Å²) >= 11 is 0. The minimum absolute atomic E-state index is 0.599. The van der Waals surface area contributed by atoms with E-state index < -0.39 is 5.60 Å². The molecule has 0 radical (unpaired) electrons. The maximum absolute atomic E-state index is 10.5. The first-order chi connectivity index (χ1) is 9.78. The van der Waals surface area contributed by atoms with Crippen molar-refractivity contribution < 1.29 is 5.11 Å². The van der Waals surface area contributed by atoms with Crippen molar-refractivity contribution in [1.82, 2.24) is 15.1 Å². The summed E-state index contributed by atoms with van der Waals surface area (Å²) in [5.74, 6) is 1.52. The van der Waals surface area contributed by atoms with E-state index in [1.54, 1.807) is 0 Å². The third-order valence-corrected chi connectivity index (χ3v) is 5.21. The molecular weight excluding hydrogens is 262 g/mol. The average molecular weight is 297 g/mol. The van der Waals surface area contributed by atoms with Gasteiger partial charge < -0.3 is 20.2 Å². The zero-order valence-corrected chi connectivity index (χ0v) is 14.6. The molecule has 0 aromatic heterocycles. The molecule has 4 nitrogen and oxygen atoms in total. The Kier molecular flexibility index (Phi) is 5.69. The number of aliphatic hydroxyl groups is 1. The Morgan fingerprint density at radius 3 is 2.29 bits per heavy atom. The van der Waals surface area contributed by atoms with Crippen LogP contribution in [0.25, 0.3) is 0 Å². The van der Waals surface area contributed by atoms with Crippen LogP contribution in [-0.2, 0) is 0 Å². The van der Waals surface area contributed by atoms with Crippen LogP contribution in [0.5, 0.6) is 0 Å². The van der Waals surface area contributed by atoms with Crippen LogP contribution in [0.4, 0.5) is 0 Å². The fourth-order valence-electron chi connectivity index (χ4n) is 4.30. The van der Waals surface area contributed by atoms with Crippen LogP contribution in [0.1, 0.15) is 40.0 Å². The molecule has 1 heterocycles. The first-order valence-electron chi connectivity index (χ1n) is 8.63. The van der Waals surface area contributed by atoms with Gasteiger partial charge in [-0.15, -0.1) is 0 Å². The summed E-state index contributed by atoms with van der Waals surface area (Å²) in [6.07, 6.45) is 4.06. The zero-order valence-electron chi connectivity index (χ0n) is 14.6. The molecule has 2 bridgehead atoms. The second-order valence-electron chi connectivity index (χ2n) is 8.14. The van der Waals surface area contributed by atoms with Crippen molar-refractivity contribution in [3.8, 4) is 0 Å². The summed E-state index contributed by atoms with van der Waals surface area (Å²) in [6, 6.07) is 1.26. The Balaban J connectivity index is 1.91. The van der Waals surface area contributed by atoms with Crippen molar-refractivity contribution in [3.05, 3.63) is 0 Å². The number of piperidine rings is 1. The molecule has 3 atom stereocenters. The zero-order chi connectivity index (χ0) is 15.6. The van der Waals surface area contributed by atoms with Crippen LogP contribution in [0.2, 0.25) is 0 Å². The number of likely N-dealkylation sites (tertiary alicyclic amines) is 1. The van der Waals surface area contributed by atoms with E-state index >= 15 is 0 Å². The molecule has 0 aromatic rings. The highest BCUT2D eigenvalue weighted by molar-refractivity contribution is 4.96. The van der Waals surface area contributed by atoms with E-state index in [1.807, 2.05) is 21.0 Å². The molecule has 1 saturated heterocycles. The van der Waals surface area contributed by atoms with Crippen LogP contribution >= 0.6 is 0 Å². The summed E-state index contributed by atoms with van der Waals surface area (Å²) in [7, 11) is 4.04. The van der Waals surface area contributed by atoms with Crippen LogP contribution in [0.15, 0.2) is 0 Å². The van der Waals surface area contributed by atoms with Gasteiger partial charge in [-0.1, -0.05) is 6.42 Å². The first kappa shape index (κ1) is 17.2. The molecule has 2 rings (SSSR count). The van der Waals surface area contributed by atoms with E-state index in [0.717, 1.165) is 11.8 Å². The van der Waals surface area contributed by atoms with E-state index in [-0.39, 0.29) is 0 Å². The van der Waals surface area contributed by atoms with Crippen molar-refractivity contribution in [3.63, 3.8) is 0 Å². The predicted octanol–water partition coefficient (Wildman–Crippen LogP) is 1.40. The molecule has 1 aliphatic carbocycles. The number of nitrogens with zero attached hydrogens (tertiary/aromatic N) is 2. The maximum atomic E-state index is 10.5. The van der Waals surface area contributed by atoms with Gasteiger partial charge in [0.2, 0.25) is 0 Å². The lowest BCUT2D eigenvalue weighted by atomic mass is 9.73. The van der Waals surface area contributed by atoms with Crippen LogP contribution < -0.4 is 5.32 Å². The molecule has 2 aliphatic rings. The van der Waals surface area contributed by atoms with Gasteiger partial charge in [0, 0.05) is 38.3 Å². The smallest absolute Gasteiger partial charge is 0.0869 e. The third kappa shape index (κ3) is 4.65. The number of hydrogen-bond acceptors (Lipinski definition) is 4. The minimum atomic E-state index is -0.646. The molecule has 1 aliphatic heterocycles. The predicted molar refractivity (Wildman–Crippen MR) is 88.5 cm³/mol. The van der Waals surface area contributed by atoms with Gasteiger partial charge in [-0.3, -0.25) is 0 Å². The number of fused-ring (bicyclic) bond motifs is 2. The van der Waals surface area contributed by atoms with Crippen molar-refractivity contribution in [1.29, 1.82) is 0 Å². The van der Waals surface area contributed by atoms with Gasteiger partial charge in [-0.2, -0.15) is 0 Å². The van der Waals surface area contributed by atoms with Crippen molar-refractivity contribution in [2.24, 2.45) is 11.8 Å². The van der Waals surface area contributed by atoms with E-state index in [1.165, 1.54) is 32.4 Å². The summed E-state index contributed by atoms with van der Waals surface area (Å²) in [5.41, 5.74) is -0.646. The second-order valence-corrected chi connectivity index (χ2v) is 8.14. The molecule has 2 N–H and O–H groups in total. The number of likely N-dealkylation sites (N-methyl/N-ethyl adjacent to an activating group) is 1. The quantitative estimate of drug-likeness (QED) is 0.777. The molecule has 1 saturated carbocycles. The van der Waals surface area contributed by atoms with E-state index in [0.29, 0.717) is 25.2 Å². The summed E-state index contributed by atoms with van der Waals surface area (Å²) in [6.45, 7) is 10.4. The Hall–Kier alpha value is -0.160. The minimum Gasteiger partial charge on any atom is -0.388 e. The summed E-state index contributed by atoms with van der Waals surface area (Å²) in [5, 5.41) is 14.2. The molecule has 0 aromatic carbocycles. The topological polar surface area (TPSA) is 38.7 Å². The van der Waals surface area contributed by atoms with Gasteiger partial charge in [0.1, 0.15) is 0 Å². The fourth-order valence-corrected chi connectivity index (χ4v) is 4.30. The average Bonchev–Trinajstić information content (AvgIpc) is 2.33. The number of nitrogens with one attached hydrogen (secondary N) is 1. The third-order valence-electron chi connectivity index (χ3n) is 5.21. The number of hydrogen-bond donors (Lipinski definition) is 2. The Labute approximate surface area is 130 Å². The highest BCUT2D eigenvalue weighted by Gasteiger charge is 2.40. The number of rotatable bonds is 6. The van der Waals surface area contributed by atoms with Gasteiger partial charge in [0.25, 0.3) is 0 Å². The molecule has 0 amide bonds. The lowest BCUT2D eigenvalue weighted by Gasteiger charge is -2.49. The fraction of sp³-hybridized carbons (Fsp3) is 1.00. The molecule has 0 spiro atoms. The normalized spacial score (nSPS) is 33.4. The highest BCUT2D eigenvalue weighted by Crippen LogP contribution is 2.35. The summed E-state index contributed by atoms with van der Waals surface area (Å²) < 4.78 is 0. The van der Waals surface area contributed by atoms with Gasteiger partial charge in [-0.25, -0.2) is 0 Å². The van der Waals surface area contributed by atoms with Crippen molar-refractivity contribution in [2.45, 2.75) is 57.7 Å². The Morgan fingerprint density at radius 2 is 1.81 bits per heavy atom. The van der Waals surface area contributed by atoms with E-state index in [4.69, 9.17) is 0 Å². The molecule has 4 heteroatoms. The largest absolute Gasteiger partial charge is 0.388 e. The standard InChI is InChI=1S/C17H35N3O/c1-13(2)20-9-14-7-6-8-15(10-20)16(14)18-11-17(3,21)12-19(4)5/h13-16,18,21H,6-12H2,1-5H3. The lowest BCUT2D eigenvalue weighted by Crippen LogP contribution is -2.60. The molecule has 124 valence electrons. The molecule has 3 unspecified atom stereocenters. The molecular formula is C17H35N3O. The molecule has 21 heavy (non-hydrogen) atoms. The van der Waals surface area contributed by atoms with Crippen LogP contribution in [-0.4, -0.2) is 72.9 Å². The highest BCUT2D eigenvalue weighted by atomic mass is 16.3. The van der Waals surface area contributed by atoms with Crippen LogP contribution in [0.3, 0.4) is 0 Å². The Bertz CT molecular complexity index is 316. The SMILES string of the molecule is CC(C)N1CC2CCCC(C1)C2NCC(C)(O)CN(C)C. The van der Waals surface area contributed by atoms with Gasteiger partial charge in [0.15, 0.2) is 0 Å². The van der Waals surface area contributed by atoms with Crippen molar-refractivity contribution in [2.75, 3.05) is 40.3 Å².